The predicted molar refractivity (Wildman–Crippen MR) is 131 cm³/mol. The lowest BCUT2D eigenvalue weighted by Crippen LogP contribution is -2.19. The van der Waals surface area contributed by atoms with Gasteiger partial charge in [-0.25, -0.2) is 5.43 Å². The molecule has 0 saturated heterocycles. The summed E-state index contributed by atoms with van der Waals surface area (Å²) in [7, 11) is 0. The summed E-state index contributed by atoms with van der Waals surface area (Å²) in [6, 6.07) is 15.5. The third-order valence-corrected chi connectivity index (χ3v) is 6.63. The van der Waals surface area contributed by atoms with E-state index in [2.05, 4.69) is 43.2 Å². The molecule has 156 valence electrons. The van der Waals surface area contributed by atoms with E-state index in [4.69, 9.17) is 23.2 Å². The first kappa shape index (κ1) is 22.9. The van der Waals surface area contributed by atoms with Crippen LogP contribution in [0.5, 0.6) is 0 Å². The van der Waals surface area contributed by atoms with Crippen molar-refractivity contribution in [3.05, 3.63) is 85.6 Å². The number of rotatable bonds is 7. The maximum absolute atomic E-state index is 12.1. The zero-order valence-electron chi connectivity index (χ0n) is 16.5. The van der Waals surface area contributed by atoms with Crippen LogP contribution in [0, 0.1) is 13.8 Å². The van der Waals surface area contributed by atoms with Crippen molar-refractivity contribution in [1.29, 1.82) is 0 Å². The van der Waals surface area contributed by atoms with Crippen molar-refractivity contribution in [2.75, 3.05) is 5.75 Å². The Labute approximate surface area is 198 Å². The number of amides is 1. The second-order valence-corrected chi connectivity index (χ2v) is 9.34. The molecule has 2 aromatic carbocycles. The van der Waals surface area contributed by atoms with Gasteiger partial charge in [0.1, 0.15) is 0 Å². The number of hydrogen-bond acceptors (Lipinski definition) is 3. The van der Waals surface area contributed by atoms with Crippen LogP contribution in [0.15, 0.2) is 58.1 Å². The fourth-order valence-electron chi connectivity index (χ4n) is 3.05. The Bertz CT molecular complexity index is 1080. The number of carbonyl (C=O) groups is 1. The van der Waals surface area contributed by atoms with Crippen molar-refractivity contribution in [1.82, 2.24) is 9.99 Å². The monoisotopic (exact) mass is 523 g/mol. The SMILES string of the molecule is Cc1cc(/C=N\NC(=O)CSCc2c(Cl)cccc2Cl)c(C)n1-c1cccc(Br)c1. The molecule has 1 heterocycles. The van der Waals surface area contributed by atoms with Gasteiger partial charge in [-0.2, -0.15) is 5.10 Å². The minimum absolute atomic E-state index is 0.180. The van der Waals surface area contributed by atoms with E-state index in [9.17, 15) is 4.79 Å². The highest BCUT2D eigenvalue weighted by Gasteiger charge is 2.10. The molecular weight excluding hydrogens is 505 g/mol. The molecule has 1 N–H and O–H groups in total. The molecule has 0 aliphatic rings. The van der Waals surface area contributed by atoms with Crippen molar-refractivity contribution in [2.24, 2.45) is 5.10 Å². The quantitative estimate of drug-likeness (QED) is 0.281. The average molecular weight is 525 g/mol. The molecular formula is C22H20BrCl2N3OS. The first-order chi connectivity index (χ1) is 14.4. The highest BCUT2D eigenvalue weighted by atomic mass is 79.9. The van der Waals surface area contributed by atoms with E-state index in [1.165, 1.54) is 11.8 Å². The summed E-state index contributed by atoms with van der Waals surface area (Å²) in [6.45, 7) is 4.07. The molecule has 4 nitrogen and oxygen atoms in total. The first-order valence-corrected chi connectivity index (χ1v) is 11.8. The zero-order chi connectivity index (χ0) is 21.7. The number of nitrogens with zero attached hydrogens (tertiary/aromatic N) is 2. The fraction of sp³-hybridized carbons (Fsp3) is 0.182. The maximum Gasteiger partial charge on any atom is 0.250 e. The molecule has 1 aromatic heterocycles. The van der Waals surface area contributed by atoms with E-state index in [-0.39, 0.29) is 11.7 Å². The Morgan fingerprint density at radius 3 is 2.57 bits per heavy atom. The van der Waals surface area contributed by atoms with Crippen molar-refractivity contribution in [2.45, 2.75) is 19.6 Å². The number of halogens is 3. The van der Waals surface area contributed by atoms with Gasteiger partial charge in [-0.1, -0.05) is 51.3 Å². The number of aromatic nitrogens is 1. The molecule has 0 atom stereocenters. The molecule has 0 unspecified atom stereocenters. The number of hydrogen-bond donors (Lipinski definition) is 1. The summed E-state index contributed by atoms with van der Waals surface area (Å²) in [5, 5.41) is 5.33. The smallest absolute Gasteiger partial charge is 0.250 e. The highest BCUT2D eigenvalue weighted by molar-refractivity contribution is 9.10. The van der Waals surface area contributed by atoms with Crippen LogP contribution in [0.3, 0.4) is 0 Å². The summed E-state index contributed by atoms with van der Waals surface area (Å²) in [5.74, 6) is 0.638. The van der Waals surface area contributed by atoms with Gasteiger partial charge >= 0.3 is 0 Å². The van der Waals surface area contributed by atoms with Gasteiger partial charge in [0.15, 0.2) is 0 Å². The Balaban J connectivity index is 1.58. The van der Waals surface area contributed by atoms with E-state index in [0.29, 0.717) is 15.8 Å². The average Bonchev–Trinajstić information content (AvgIpc) is 2.97. The van der Waals surface area contributed by atoms with Crippen LogP contribution in [0.1, 0.15) is 22.5 Å². The molecule has 0 spiro atoms. The van der Waals surface area contributed by atoms with Crippen LogP contribution in [0.25, 0.3) is 5.69 Å². The third kappa shape index (κ3) is 5.70. The lowest BCUT2D eigenvalue weighted by atomic mass is 10.2. The molecule has 3 rings (SSSR count). The number of hydrazone groups is 1. The van der Waals surface area contributed by atoms with Gasteiger partial charge in [-0.05, 0) is 55.8 Å². The lowest BCUT2D eigenvalue weighted by molar-refractivity contribution is -0.118. The number of benzene rings is 2. The number of thioether (sulfide) groups is 1. The van der Waals surface area contributed by atoms with Crippen LogP contribution in [0.2, 0.25) is 10.0 Å². The topological polar surface area (TPSA) is 46.4 Å². The van der Waals surface area contributed by atoms with E-state index in [0.717, 1.165) is 32.7 Å². The fourth-order valence-corrected chi connectivity index (χ4v) is 5.00. The van der Waals surface area contributed by atoms with Gasteiger partial charge in [-0.15, -0.1) is 11.8 Å². The summed E-state index contributed by atoms with van der Waals surface area (Å²) < 4.78 is 3.17. The predicted octanol–water partition coefficient (Wildman–Crippen LogP) is 6.55. The normalized spacial score (nSPS) is 11.2. The Morgan fingerprint density at radius 1 is 1.17 bits per heavy atom. The first-order valence-electron chi connectivity index (χ1n) is 9.14. The van der Waals surface area contributed by atoms with Gasteiger partial charge < -0.3 is 4.57 Å². The second-order valence-electron chi connectivity index (χ2n) is 6.63. The lowest BCUT2D eigenvalue weighted by Gasteiger charge is -2.09. The number of nitrogens with one attached hydrogen (secondary N) is 1. The molecule has 0 aliphatic carbocycles. The number of aryl methyl sites for hydroxylation is 1. The van der Waals surface area contributed by atoms with Gasteiger partial charge in [-0.3, -0.25) is 4.79 Å². The standard InChI is InChI=1S/C22H20BrCl2N3OS/c1-14-9-16(15(2)28(14)18-6-3-5-17(23)10-18)11-26-27-22(29)13-30-12-19-20(24)7-4-8-21(19)25/h3-11H,12-13H2,1-2H3,(H,27,29)/b26-11-. The van der Waals surface area contributed by atoms with E-state index in [1.807, 2.05) is 32.0 Å². The van der Waals surface area contributed by atoms with E-state index >= 15 is 0 Å². The molecule has 1 amide bonds. The summed E-state index contributed by atoms with van der Waals surface area (Å²) >= 11 is 17.3. The minimum Gasteiger partial charge on any atom is -0.318 e. The molecule has 8 heteroatoms. The Morgan fingerprint density at radius 2 is 1.87 bits per heavy atom. The third-order valence-electron chi connectivity index (χ3n) is 4.47. The van der Waals surface area contributed by atoms with Crippen LogP contribution in [-0.2, 0) is 10.5 Å². The van der Waals surface area contributed by atoms with Gasteiger partial charge in [0.25, 0.3) is 0 Å². The van der Waals surface area contributed by atoms with Crippen LogP contribution in [0.4, 0.5) is 0 Å². The maximum atomic E-state index is 12.1. The molecule has 0 radical (unpaired) electrons. The van der Waals surface area contributed by atoms with Gasteiger partial charge in [0.2, 0.25) is 5.91 Å². The molecule has 0 saturated carbocycles. The van der Waals surface area contributed by atoms with E-state index in [1.54, 1.807) is 24.4 Å². The van der Waals surface area contributed by atoms with Crippen molar-refractivity contribution in [3.8, 4) is 5.69 Å². The summed E-state index contributed by atoms with van der Waals surface area (Å²) in [4.78, 5) is 12.1. The zero-order valence-corrected chi connectivity index (χ0v) is 20.4. The molecule has 0 fully saturated rings. The minimum atomic E-state index is -0.180. The van der Waals surface area contributed by atoms with Gasteiger partial charge in [0.05, 0.1) is 12.0 Å². The van der Waals surface area contributed by atoms with Crippen LogP contribution < -0.4 is 5.43 Å². The Hall–Kier alpha value is -1.73. The molecule has 3 aromatic rings. The molecule has 30 heavy (non-hydrogen) atoms. The molecule has 0 bridgehead atoms. The largest absolute Gasteiger partial charge is 0.318 e. The van der Waals surface area contributed by atoms with E-state index < -0.39 is 0 Å². The second kappa shape index (κ2) is 10.5. The van der Waals surface area contributed by atoms with Crippen LogP contribution >= 0.6 is 50.9 Å². The summed E-state index contributed by atoms with van der Waals surface area (Å²) in [5.41, 5.74) is 7.56. The van der Waals surface area contributed by atoms with Crippen molar-refractivity contribution in [3.63, 3.8) is 0 Å². The Kier molecular flexibility index (Phi) is 8.06. The van der Waals surface area contributed by atoms with Gasteiger partial charge in [0, 0.05) is 42.9 Å². The highest BCUT2D eigenvalue weighted by Crippen LogP contribution is 2.28. The van der Waals surface area contributed by atoms with Crippen molar-refractivity contribution < 1.29 is 4.79 Å². The summed E-state index contributed by atoms with van der Waals surface area (Å²) in [6.07, 6.45) is 1.67. The number of carbonyl (C=O) groups excluding carboxylic acids is 1. The molecule has 0 aliphatic heterocycles. The van der Waals surface area contributed by atoms with Crippen molar-refractivity contribution >= 4 is 63.0 Å². The van der Waals surface area contributed by atoms with Crippen LogP contribution in [-0.4, -0.2) is 22.4 Å².